The lowest BCUT2D eigenvalue weighted by Crippen LogP contribution is -1.99. The molecular weight excluding hydrogens is 347 g/mol. The van der Waals surface area contributed by atoms with Gasteiger partial charge in [-0.25, -0.2) is 18.2 Å². The molecule has 0 saturated carbocycles. The molecule has 0 spiro atoms. The van der Waals surface area contributed by atoms with E-state index in [-0.39, 0.29) is 17.1 Å². The molecule has 0 unspecified atom stereocenters. The predicted molar refractivity (Wildman–Crippen MR) is 77.4 cm³/mol. The first kappa shape index (κ1) is 13.9. The highest BCUT2D eigenvalue weighted by Gasteiger charge is 2.19. The Bertz CT molecular complexity index is 874. The van der Waals surface area contributed by atoms with Crippen molar-refractivity contribution in [1.29, 1.82) is 0 Å². The SMILES string of the molecule is Cc1c(Br)ccc2nc(-c3cc(F)c(F)cc3F)c(N)n12. The van der Waals surface area contributed by atoms with Gasteiger partial charge in [0.05, 0.1) is 0 Å². The quantitative estimate of drug-likeness (QED) is 0.668. The number of nitrogen functional groups attached to an aromatic ring is 1. The van der Waals surface area contributed by atoms with E-state index in [0.29, 0.717) is 11.7 Å². The van der Waals surface area contributed by atoms with Gasteiger partial charge in [-0.1, -0.05) is 0 Å². The second kappa shape index (κ2) is 4.77. The van der Waals surface area contributed by atoms with Gasteiger partial charge in [0.15, 0.2) is 11.6 Å². The molecule has 2 heterocycles. The number of aromatic nitrogens is 2. The summed E-state index contributed by atoms with van der Waals surface area (Å²) in [7, 11) is 0. The van der Waals surface area contributed by atoms with Crippen molar-refractivity contribution < 1.29 is 13.2 Å². The maximum absolute atomic E-state index is 13.9. The van der Waals surface area contributed by atoms with Crippen LogP contribution in [0.15, 0.2) is 28.7 Å². The van der Waals surface area contributed by atoms with E-state index in [0.717, 1.165) is 16.2 Å². The zero-order valence-electron chi connectivity index (χ0n) is 10.8. The van der Waals surface area contributed by atoms with E-state index in [4.69, 9.17) is 5.73 Å². The third kappa shape index (κ3) is 2.08. The van der Waals surface area contributed by atoms with E-state index in [1.54, 1.807) is 23.5 Å². The maximum atomic E-state index is 13.9. The van der Waals surface area contributed by atoms with Gasteiger partial charge in [0.2, 0.25) is 0 Å². The summed E-state index contributed by atoms with van der Waals surface area (Å²) in [6, 6.07) is 4.71. The summed E-state index contributed by atoms with van der Waals surface area (Å²) in [5.41, 5.74) is 7.16. The third-order valence-electron chi connectivity index (χ3n) is 3.26. The van der Waals surface area contributed by atoms with Gasteiger partial charge in [-0.15, -0.1) is 0 Å². The normalized spacial score (nSPS) is 11.3. The molecule has 108 valence electrons. The number of aryl methyl sites for hydroxylation is 1. The van der Waals surface area contributed by atoms with Crippen LogP contribution in [0, 0.1) is 24.4 Å². The van der Waals surface area contributed by atoms with Gasteiger partial charge in [0.1, 0.15) is 23.0 Å². The van der Waals surface area contributed by atoms with E-state index in [1.165, 1.54) is 0 Å². The van der Waals surface area contributed by atoms with Crippen molar-refractivity contribution in [1.82, 2.24) is 9.38 Å². The van der Waals surface area contributed by atoms with Gasteiger partial charge in [-0.3, -0.25) is 4.40 Å². The maximum Gasteiger partial charge on any atom is 0.161 e. The molecule has 0 aliphatic carbocycles. The summed E-state index contributed by atoms with van der Waals surface area (Å²) in [5, 5.41) is 0. The highest BCUT2D eigenvalue weighted by Crippen LogP contribution is 2.32. The first-order valence-electron chi connectivity index (χ1n) is 5.98. The Morgan fingerprint density at radius 2 is 1.76 bits per heavy atom. The fourth-order valence-electron chi connectivity index (χ4n) is 2.19. The molecule has 0 atom stereocenters. The summed E-state index contributed by atoms with van der Waals surface area (Å²) in [6.07, 6.45) is 0. The molecule has 0 amide bonds. The van der Waals surface area contributed by atoms with E-state index in [2.05, 4.69) is 20.9 Å². The summed E-state index contributed by atoms with van der Waals surface area (Å²) < 4.78 is 42.7. The molecule has 0 aliphatic heterocycles. The van der Waals surface area contributed by atoms with Crippen LogP contribution in [0.5, 0.6) is 0 Å². The van der Waals surface area contributed by atoms with Crippen molar-refractivity contribution in [3.63, 3.8) is 0 Å². The lowest BCUT2D eigenvalue weighted by molar-refractivity contribution is 0.496. The van der Waals surface area contributed by atoms with E-state index in [1.807, 2.05) is 0 Å². The minimum Gasteiger partial charge on any atom is -0.383 e. The number of pyridine rings is 1. The first-order chi connectivity index (χ1) is 9.90. The Morgan fingerprint density at radius 3 is 2.48 bits per heavy atom. The number of fused-ring (bicyclic) bond motifs is 1. The van der Waals surface area contributed by atoms with Gasteiger partial charge in [0, 0.05) is 21.8 Å². The van der Waals surface area contributed by atoms with Crippen molar-refractivity contribution in [2.75, 3.05) is 5.73 Å². The minimum atomic E-state index is -1.25. The van der Waals surface area contributed by atoms with Crippen LogP contribution in [-0.4, -0.2) is 9.38 Å². The zero-order chi connectivity index (χ0) is 15.3. The number of rotatable bonds is 1. The smallest absolute Gasteiger partial charge is 0.161 e. The Kier molecular flexibility index (Phi) is 3.16. The molecule has 2 aromatic heterocycles. The monoisotopic (exact) mass is 355 g/mol. The van der Waals surface area contributed by atoms with Crippen LogP contribution in [0.1, 0.15) is 5.69 Å². The molecular formula is C14H9BrF3N3. The molecule has 3 aromatic rings. The fraction of sp³-hybridized carbons (Fsp3) is 0.0714. The average molecular weight is 356 g/mol. The molecule has 0 bridgehead atoms. The van der Waals surface area contributed by atoms with Crippen LogP contribution >= 0.6 is 15.9 Å². The highest BCUT2D eigenvalue weighted by atomic mass is 79.9. The van der Waals surface area contributed by atoms with Crippen LogP contribution in [0.2, 0.25) is 0 Å². The number of hydrogen-bond acceptors (Lipinski definition) is 2. The molecule has 0 aliphatic rings. The van der Waals surface area contributed by atoms with Crippen LogP contribution < -0.4 is 5.73 Å². The van der Waals surface area contributed by atoms with E-state index in [9.17, 15) is 13.2 Å². The fourth-order valence-corrected chi connectivity index (χ4v) is 2.50. The topological polar surface area (TPSA) is 43.3 Å². The Labute approximate surface area is 126 Å². The second-order valence-corrected chi connectivity index (χ2v) is 5.41. The largest absolute Gasteiger partial charge is 0.383 e. The summed E-state index contributed by atoms with van der Waals surface area (Å²) in [5.74, 6) is -3.16. The van der Waals surface area contributed by atoms with Crippen molar-refractivity contribution in [3.05, 3.63) is 51.9 Å². The summed E-state index contributed by atoms with van der Waals surface area (Å²) in [4.78, 5) is 4.20. The number of hydrogen-bond donors (Lipinski definition) is 1. The molecule has 3 nitrogen and oxygen atoms in total. The summed E-state index contributed by atoms with van der Waals surface area (Å²) >= 11 is 3.36. The van der Waals surface area contributed by atoms with Crippen molar-refractivity contribution in [2.24, 2.45) is 0 Å². The van der Waals surface area contributed by atoms with E-state index >= 15 is 0 Å². The van der Waals surface area contributed by atoms with E-state index < -0.39 is 17.5 Å². The Balaban J connectivity index is 2.34. The van der Waals surface area contributed by atoms with Crippen LogP contribution in [0.25, 0.3) is 16.9 Å². The summed E-state index contributed by atoms with van der Waals surface area (Å²) in [6.45, 7) is 1.81. The van der Waals surface area contributed by atoms with Gasteiger partial charge >= 0.3 is 0 Å². The average Bonchev–Trinajstić information content (AvgIpc) is 2.76. The van der Waals surface area contributed by atoms with Crippen molar-refractivity contribution in [3.8, 4) is 11.3 Å². The minimum absolute atomic E-state index is 0.0765. The molecule has 2 N–H and O–H groups in total. The van der Waals surface area contributed by atoms with Crippen LogP contribution in [0.3, 0.4) is 0 Å². The third-order valence-corrected chi connectivity index (χ3v) is 4.10. The number of halogens is 4. The van der Waals surface area contributed by atoms with Gasteiger partial charge in [0.25, 0.3) is 0 Å². The molecule has 3 rings (SSSR count). The molecule has 0 fully saturated rings. The lowest BCUT2D eigenvalue weighted by Gasteiger charge is -2.05. The van der Waals surface area contributed by atoms with Crippen LogP contribution in [-0.2, 0) is 0 Å². The lowest BCUT2D eigenvalue weighted by atomic mass is 10.1. The second-order valence-electron chi connectivity index (χ2n) is 4.55. The molecule has 21 heavy (non-hydrogen) atoms. The molecule has 1 aromatic carbocycles. The van der Waals surface area contributed by atoms with Crippen molar-refractivity contribution in [2.45, 2.75) is 6.92 Å². The number of nitrogens with two attached hydrogens (primary N) is 1. The van der Waals surface area contributed by atoms with Crippen LogP contribution in [0.4, 0.5) is 19.0 Å². The predicted octanol–water partition coefficient (Wildman–Crippen LogP) is 4.07. The number of imidazole rings is 1. The first-order valence-corrected chi connectivity index (χ1v) is 6.77. The van der Waals surface area contributed by atoms with Gasteiger partial charge in [-0.05, 0) is 41.1 Å². The van der Waals surface area contributed by atoms with Gasteiger partial charge in [-0.2, -0.15) is 0 Å². The number of nitrogens with zero attached hydrogens (tertiary/aromatic N) is 2. The Hall–Kier alpha value is -2.02. The standard InChI is InChI=1S/C14H9BrF3N3/c1-6-8(15)2-3-12-20-13(14(19)21(6)12)7-4-10(17)11(18)5-9(7)16/h2-5H,19H2,1H3. The zero-order valence-corrected chi connectivity index (χ0v) is 12.4. The molecule has 0 saturated heterocycles. The number of benzene rings is 1. The highest BCUT2D eigenvalue weighted by molar-refractivity contribution is 9.10. The Morgan fingerprint density at radius 1 is 1.10 bits per heavy atom. The molecule has 0 radical (unpaired) electrons. The number of anilines is 1. The molecule has 7 heteroatoms. The van der Waals surface area contributed by atoms with Crippen molar-refractivity contribution >= 4 is 27.4 Å². The van der Waals surface area contributed by atoms with Gasteiger partial charge < -0.3 is 5.73 Å².